The second kappa shape index (κ2) is 11.2. The molecule has 0 atom stereocenters. The molecule has 50 heavy (non-hydrogen) atoms. The van der Waals surface area contributed by atoms with E-state index in [2.05, 4.69) is 160 Å². The van der Waals surface area contributed by atoms with Crippen LogP contribution in [0, 0.1) is 22.7 Å². The topological polar surface area (TPSA) is 57.4 Å². The first-order chi connectivity index (χ1) is 24.0. The Kier molecular flexibility index (Phi) is 7.00. The number of hydrogen-bond donors (Lipinski definition) is 0. The molecule has 2 aromatic heterocycles. The van der Waals surface area contributed by atoms with E-state index in [0.717, 1.165) is 55.3 Å². The highest BCUT2D eigenvalue weighted by Gasteiger charge is 2.25. The van der Waals surface area contributed by atoms with Crippen LogP contribution in [0.1, 0.15) is 63.8 Å². The van der Waals surface area contributed by atoms with Crippen LogP contribution in [0.25, 0.3) is 66.1 Å². The Morgan fingerprint density at radius 2 is 1.02 bits per heavy atom. The zero-order chi connectivity index (χ0) is 34.9. The average Bonchev–Trinajstić information content (AvgIpc) is 3.62. The second-order valence-electron chi connectivity index (χ2n) is 15.4. The lowest BCUT2D eigenvalue weighted by molar-refractivity contribution is 0.590. The first-order valence-corrected chi connectivity index (χ1v) is 17.1. The third kappa shape index (κ3) is 4.88. The number of nitrogens with zero attached hydrogens (tertiary/aromatic N) is 4. The number of aromatic nitrogens is 2. The van der Waals surface area contributed by atoms with Crippen LogP contribution in [0.2, 0.25) is 0 Å². The summed E-state index contributed by atoms with van der Waals surface area (Å²) in [5.41, 5.74) is 11.6. The largest absolute Gasteiger partial charge is 0.309 e. The van der Waals surface area contributed by atoms with Crippen LogP contribution in [0.4, 0.5) is 0 Å². The molecule has 8 aromatic rings. The summed E-state index contributed by atoms with van der Waals surface area (Å²) < 4.78 is 4.72. The van der Waals surface area contributed by atoms with E-state index >= 15 is 0 Å². The molecule has 0 spiro atoms. The first kappa shape index (κ1) is 31.2. The molecule has 0 saturated heterocycles. The Bertz CT molecular complexity index is 2630. The molecule has 0 bridgehead atoms. The number of rotatable bonds is 3. The average molecular weight is 647 g/mol. The molecule has 0 aliphatic carbocycles. The van der Waals surface area contributed by atoms with Gasteiger partial charge in [0, 0.05) is 32.8 Å². The number of benzene rings is 6. The van der Waals surface area contributed by atoms with Gasteiger partial charge in [0.25, 0.3) is 0 Å². The minimum Gasteiger partial charge on any atom is -0.309 e. The highest BCUT2D eigenvalue weighted by Crippen LogP contribution is 2.45. The van der Waals surface area contributed by atoms with E-state index in [1.165, 1.54) is 21.9 Å². The number of hydrogen-bond acceptors (Lipinski definition) is 2. The van der Waals surface area contributed by atoms with Crippen LogP contribution in [0.5, 0.6) is 0 Å². The van der Waals surface area contributed by atoms with Gasteiger partial charge in [-0.05, 0) is 94.3 Å². The lowest BCUT2D eigenvalue weighted by Crippen LogP contribution is -2.10. The van der Waals surface area contributed by atoms with Gasteiger partial charge in [-0.3, -0.25) is 0 Å². The Hall–Kier alpha value is -6.10. The van der Waals surface area contributed by atoms with E-state index in [0.29, 0.717) is 11.1 Å². The lowest BCUT2D eigenvalue weighted by atomic mass is 9.85. The fourth-order valence-corrected chi connectivity index (χ4v) is 7.48. The highest BCUT2D eigenvalue weighted by atomic mass is 15.0. The van der Waals surface area contributed by atoms with Crippen LogP contribution < -0.4 is 0 Å². The SMILES string of the molecule is CC(C)(C)c1ccc2c(c1)c1cc(C(C)(C)C)ccc1n2-c1ccc2c3ccccc3n(-c3ccccc3)c2c1-c1cc(C#N)cc(C#N)c1. The van der Waals surface area contributed by atoms with Crippen molar-refractivity contribution in [3.63, 3.8) is 0 Å². The smallest absolute Gasteiger partial charge is 0.0992 e. The summed E-state index contributed by atoms with van der Waals surface area (Å²) in [6.07, 6.45) is 0. The van der Waals surface area contributed by atoms with Crippen LogP contribution in [-0.2, 0) is 10.8 Å². The van der Waals surface area contributed by atoms with E-state index < -0.39 is 0 Å². The Morgan fingerprint density at radius 3 is 1.58 bits per heavy atom. The van der Waals surface area contributed by atoms with Gasteiger partial charge in [0.15, 0.2) is 0 Å². The van der Waals surface area contributed by atoms with Crippen molar-refractivity contribution in [2.75, 3.05) is 0 Å². The van der Waals surface area contributed by atoms with E-state index in [9.17, 15) is 10.5 Å². The van der Waals surface area contributed by atoms with Crippen molar-refractivity contribution in [3.05, 3.63) is 144 Å². The maximum absolute atomic E-state index is 10.1. The van der Waals surface area contributed by atoms with Crippen LogP contribution in [-0.4, -0.2) is 9.13 Å². The van der Waals surface area contributed by atoms with Crippen LogP contribution in [0.15, 0.2) is 121 Å². The predicted octanol–water partition coefficient (Wildman–Crippen LogP) is 11.9. The van der Waals surface area contributed by atoms with Crippen molar-refractivity contribution < 1.29 is 0 Å². The molecular weight excluding hydrogens is 609 g/mol. The molecule has 2 heterocycles. The van der Waals surface area contributed by atoms with Gasteiger partial charge in [0.1, 0.15) is 0 Å². The van der Waals surface area contributed by atoms with Gasteiger partial charge in [0.2, 0.25) is 0 Å². The molecule has 0 unspecified atom stereocenters. The van der Waals surface area contributed by atoms with Gasteiger partial charge < -0.3 is 9.13 Å². The molecule has 242 valence electrons. The highest BCUT2D eigenvalue weighted by molar-refractivity contribution is 6.17. The fourth-order valence-electron chi connectivity index (χ4n) is 7.48. The Labute approximate surface area is 293 Å². The Morgan fingerprint density at radius 1 is 0.480 bits per heavy atom. The quantitative estimate of drug-likeness (QED) is 0.192. The number of para-hydroxylation sites is 2. The van der Waals surface area contributed by atoms with Crippen molar-refractivity contribution in [2.45, 2.75) is 52.4 Å². The zero-order valence-electron chi connectivity index (χ0n) is 29.3. The maximum atomic E-state index is 10.1. The second-order valence-corrected chi connectivity index (χ2v) is 15.4. The third-order valence-electron chi connectivity index (χ3n) is 10.0. The van der Waals surface area contributed by atoms with Crippen molar-refractivity contribution >= 4 is 43.6 Å². The van der Waals surface area contributed by atoms with Crippen LogP contribution >= 0.6 is 0 Å². The van der Waals surface area contributed by atoms with Gasteiger partial charge in [0.05, 0.1) is 51.0 Å². The first-order valence-electron chi connectivity index (χ1n) is 17.1. The summed E-state index contributed by atoms with van der Waals surface area (Å²) >= 11 is 0. The van der Waals surface area contributed by atoms with Crippen molar-refractivity contribution in [3.8, 4) is 34.6 Å². The summed E-state index contributed by atoms with van der Waals surface area (Å²) in [7, 11) is 0. The summed E-state index contributed by atoms with van der Waals surface area (Å²) in [5, 5.41) is 24.9. The van der Waals surface area contributed by atoms with E-state index in [1.54, 1.807) is 6.07 Å². The lowest BCUT2D eigenvalue weighted by Gasteiger charge is -2.20. The molecule has 0 saturated carbocycles. The summed E-state index contributed by atoms with van der Waals surface area (Å²) in [5.74, 6) is 0. The minimum atomic E-state index is -0.0175. The minimum absolute atomic E-state index is 0.0175. The molecule has 4 nitrogen and oxygen atoms in total. The van der Waals surface area contributed by atoms with Gasteiger partial charge >= 0.3 is 0 Å². The van der Waals surface area contributed by atoms with Gasteiger partial charge in [-0.1, -0.05) is 96.1 Å². The molecule has 0 radical (unpaired) electrons. The van der Waals surface area contributed by atoms with E-state index in [4.69, 9.17) is 0 Å². The molecule has 0 N–H and O–H groups in total. The number of fused-ring (bicyclic) bond motifs is 6. The normalized spacial score (nSPS) is 12.2. The fraction of sp³-hybridized carbons (Fsp3) is 0.174. The molecule has 8 rings (SSSR count). The molecule has 0 amide bonds. The van der Waals surface area contributed by atoms with Gasteiger partial charge in [-0.15, -0.1) is 0 Å². The van der Waals surface area contributed by atoms with E-state index in [1.807, 2.05) is 18.2 Å². The third-order valence-corrected chi connectivity index (χ3v) is 10.0. The predicted molar refractivity (Wildman–Crippen MR) is 207 cm³/mol. The van der Waals surface area contributed by atoms with Gasteiger partial charge in [-0.25, -0.2) is 0 Å². The van der Waals surface area contributed by atoms with Crippen molar-refractivity contribution in [1.82, 2.24) is 9.13 Å². The number of nitriles is 2. The molecular formula is C46H38N4. The summed E-state index contributed by atoms with van der Waals surface area (Å²) in [6.45, 7) is 13.6. The van der Waals surface area contributed by atoms with Crippen molar-refractivity contribution in [2.24, 2.45) is 0 Å². The molecule has 0 fully saturated rings. The molecule has 0 aliphatic heterocycles. The van der Waals surface area contributed by atoms with Crippen LogP contribution in [0.3, 0.4) is 0 Å². The monoisotopic (exact) mass is 646 g/mol. The molecule has 4 heteroatoms. The summed E-state index contributed by atoms with van der Waals surface area (Å²) in [4.78, 5) is 0. The maximum Gasteiger partial charge on any atom is 0.0992 e. The van der Waals surface area contributed by atoms with Gasteiger partial charge in [-0.2, -0.15) is 10.5 Å². The molecule has 0 aliphatic rings. The Balaban J connectivity index is 1.61. The van der Waals surface area contributed by atoms with E-state index in [-0.39, 0.29) is 10.8 Å². The standard InChI is InChI=1S/C46H38N4/c1-45(2,3)32-16-19-40-37(25-32)38-26-33(46(4,5)6)17-20-41(38)50(40)42-21-18-36-35-14-10-11-15-39(35)49(34-12-8-7-9-13-34)44(36)43(42)31-23-29(27-47)22-30(24-31)28-48/h7-26H,1-6H3. The van der Waals surface area contributed by atoms with Crippen molar-refractivity contribution in [1.29, 1.82) is 10.5 Å². The summed E-state index contributed by atoms with van der Waals surface area (Å²) in [6, 6.07) is 47.3. The zero-order valence-corrected chi connectivity index (χ0v) is 29.3. The molecule has 6 aromatic carbocycles.